The Morgan fingerprint density at radius 1 is 1.09 bits per heavy atom. The van der Waals surface area contributed by atoms with Crippen LogP contribution in [0.1, 0.15) is 64.2 Å². The Balaban J connectivity index is 1.36. The van der Waals surface area contributed by atoms with E-state index >= 15 is 0 Å². The minimum absolute atomic E-state index is 0.0982. The molecular weight excluding hydrogens is 562 g/mol. The molecule has 1 saturated heterocycles. The van der Waals surface area contributed by atoms with Gasteiger partial charge in [0.1, 0.15) is 19.0 Å². The quantitative estimate of drug-likeness (QED) is 0.338. The van der Waals surface area contributed by atoms with Gasteiger partial charge in [-0.3, -0.25) is 9.69 Å². The number of hydrogen-bond donors (Lipinski definition) is 2. The third-order valence-corrected chi connectivity index (χ3v) is 9.04. The largest absolute Gasteiger partial charge is 0.497 e. The number of aromatic nitrogens is 1. The van der Waals surface area contributed by atoms with Crippen LogP contribution in [0.4, 0.5) is 4.79 Å². The van der Waals surface area contributed by atoms with Crippen molar-refractivity contribution in [3.05, 3.63) is 63.9 Å². The summed E-state index contributed by atoms with van der Waals surface area (Å²) in [7, 11) is 1.58. The number of nitrogens with zero attached hydrogens (tertiary/aromatic N) is 3. The highest BCUT2D eigenvalue weighted by atomic mass is 16.6. The normalized spacial score (nSPS) is 19.5. The van der Waals surface area contributed by atoms with Crippen LogP contribution in [0.3, 0.4) is 0 Å². The van der Waals surface area contributed by atoms with Crippen molar-refractivity contribution in [1.82, 2.24) is 14.4 Å². The van der Waals surface area contributed by atoms with E-state index in [2.05, 4.69) is 25.7 Å². The fourth-order valence-electron chi connectivity index (χ4n) is 6.66. The summed E-state index contributed by atoms with van der Waals surface area (Å²) in [6.07, 6.45) is 0.320. The number of pyridine rings is 1. The van der Waals surface area contributed by atoms with E-state index in [4.69, 9.17) is 14.2 Å². The number of carboxylic acid groups (broad SMARTS) is 1. The van der Waals surface area contributed by atoms with Gasteiger partial charge in [-0.15, -0.1) is 0 Å². The Kier molecular flexibility index (Phi) is 9.41. The van der Waals surface area contributed by atoms with Crippen molar-refractivity contribution in [3.8, 4) is 17.2 Å². The molecule has 3 unspecified atom stereocenters. The zero-order valence-corrected chi connectivity index (χ0v) is 26.4. The molecule has 1 amide bonds. The highest BCUT2D eigenvalue weighted by Gasteiger charge is 2.39. The maximum atomic E-state index is 13.2. The third kappa shape index (κ3) is 6.66. The van der Waals surface area contributed by atoms with E-state index in [1.54, 1.807) is 28.7 Å². The summed E-state index contributed by atoms with van der Waals surface area (Å²) in [5.74, 6) is 1.93. The smallest absolute Gasteiger partial charge is 0.407 e. The Bertz CT molecular complexity index is 1550. The highest BCUT2D eigenvalue weighted by molar-refractivity contribution is 5.84. The van der Waals surface area contributed by atoms with Crippen molar-refractivity contribution < 1.29 is 29.2 Å². The van der Waals surface area contributed by atoms with E-state index in [1.165, 1.54) is 0 Å². The van der Waals surface area contributed by atoms with Gasteiger partial charge in [-0.25, -0.2) is 4.79 Å². The lowest BCUT2D eigenvalue weighted by Crippen LogP contribution is -2.55. The van der Waals surface area contributed by atoms with Gasteiger partial charge < -0.3 is 33.9 Å². The summed E-state index contributed by atoms with van der Waals surface area (Å²) in [5.41, 5.74) is 2.12. The molecular formula is C34H45N3O7. The number of piperidine rings is 1. The van der Waals surface area contributed by atoms with Crippen LogP contribution in [-0.4, -0.2) is 76.2 Å². The molecule has 10 nitrogen and oxygen atoms in total. The van der Waals surface area contributed by atoms with E-state index in [0.717, 1.165) is 22.0 Å². The Morgan fingerprint density at radius 2 is 1.84 bits per heavy atom. The van der Waals surface area contributed by atoms with Gasteiger partial charge >= 0.3 is 6.09 Å². The number of hydrogen-bond acceptors (Lipinski definition) is 7. The number of aliphatic hydroxyl groups is 1. The fourth-order valence-corrected chi connectivity index (χ4v) is 6.66. The van der Waals surface area contributed by atoms with Gasteiger partial charge in [0.25, 0.3) is 5.56 Å². The second kappa shape index (κ2) is 13.1. The molecule has 238 valence electrons. The fraction of sp³-hybridized carbons (Fsp3) is 0.529. The number of amides is 1. The summed E-state index contributed by atoms with van der Waals surface area (Å²) in [6, 6.07) is 12.6. The molecule has 3 atom stereocenters. The Labute approximate surface area is 258 Å². The molecule has 1 fully saturated rings. The first kappa shape index (κ1) is 31.7. The van der Waals surface area contributed by atoms with Crippen molar-refractivity contribution in [2.75, 3.05) is 33.4 Å². The summed E-state index contributed by atoms with van der Waals surface area (Å²) < 4.78 is 18.6. The van der Waals surface area contributed by atoms with Crippen molar-refractivity contribution in [3.63, 3.8) is 0 Å². The zero-order valence-electron chi connectivity index (χ0n) is 26.4. The SMILES string of the molecule is CCC(O)c1cc(OC)cc2c1ccc(=O)n2CCN1CCC(N(Cc2ccc3c(c2)OCCO3)C(=O)O)CC1C(C)(C)C. The molecule has 0 spiro atoms. The van der Waals surface area contributed by atoms with Crippen LogP contribution in [0, 0.1) is 5.41 Å². The zero-order chi connectivity index (χ0) is 31.6. The second-order valence-corrected chi connectivity index (χ2v) is 12.9. The van der Waals surface area contributed by atoms with Gasteiger partial charge in [-0.2, -0.15) is 0 Å². The van der Waals surface area contributed by atoms with Crippen molar-refractivity contribution >= 4 is 17.0 Å². The third-order valence-electron chi connectivity index (χ3n) is 9.04. The molecule has 2 aromatic carbocycles. The average molecular weight is 608 g/mol. The molecule has 3 heterocycles. The maximum absolute atomic E-state index is 13.2. The first-order chi connectivity index (χ1) is 21.0. The molecule has 10 heteroatoms. The molecule has 5 rings (SSSR count). The average Bonchev–Trinajstić information content (AvgIpc) is 3.01. The summed E-state index contributed by atoms with van der Waals surface area (Å²) in [4.78, 5) is 29.7. The van der Waals surface area contributed by atoms with Gasteiger partial charge in [0, 0.05) is 55.8 Å². The molecule has 0 radical (unpaired) electrons. The minimum Gasteiger partial charge on any atom is -0.497 e. The van der Waals surface area contributed by atoms with E-state index in [-0.39, 0.29) is 29.6 Å². The molecule has 0 saturated carbocycles. The standard InChI is InChI=1S/C34H45N3O7/c1-6-28(38)26-19-24(42-5)20-27-25(26)8-10-32(39)36(27)14-13-35-12-11-23(18-31(35)34(2,3)4)37(33(40)41)21-22-7-9-29-30(17-22)44-16-15-43-29/h7-10,17,19-20,23,28,31,38H,6,11-16,18,21H2,1-5H3,(H,40,41). The molecule has 2 N–H and O–H groups in total. The summed E-state index contributed by atoms with van der Waals surface area (Å²) in [6.45, 7) is 11.5. The Morgan fingerprint density at radius 3 is 2.52 bits per heavy atom. The number of carbonyl (C=O) groups is 1. The number of benzene rings is 2. The molecule has 44 heavy (non-hydrogen) atoms. The van der Waals surface area contributed by atoms with Gasteiger partial charge in [0.05, 0.1) is 18.7 Å². The van der Waals surface area contributed by atoms with E-state index in [9.17, 15) is 19.8 Å². The van der Waals surface area contributed by atoms with Gasteiger partial charge in [0.2, 0.25) is 0 Å². The highest BCUT2D eigenvalue weighted by Crippen LogP contribution is 2.36. The number of likely N-dealkylation sites (tertiary alicyclic amines) is 1. The number of rotatable bonds is 9. The molecule has 2 aliphatic rings. The number of aliphatic hydroxyl groups excluding tert-OH is 1. The van der Waals surface area contributed by atoms with Crippen molar-refractivity contribution in [1.29, 1.82) is 0 Å². The van der Waals surface area contributed by atoms with Gasteiger partial charge in [-0.1, -0.05) is 33.8 Å². The van der Waals surface area contributed by atoms with Crippen LogP contribution in [0.5, 0.6) is 17.2 Å². The number of fused-ring (bicyclic) bond motifs is 2. The van der Waals surface area contributed by atoms with Crippen LogP contribution in [0.2, 0.25) is 0 Å². The van der Waals surface area contributed by atoms with Crippen LogP contribution < -0.4 is 19.8 Å². The van der Waals surface area contributed by atoms with Crippen LogP contribution in [-0.2, 0) is 13.1 Å². The molecule has 1 aromatic heterocycles. The van der Waals surface area contributed by atoms with Crippen LogP contribution in [0.15, 0.2) is 47.3 Å². The predicted octanol–water partition coefficient (Wildman–Crippen LogP) is 5.28. The topological polar surface area (TPSA) is 114 Å². The molecule has 3 aromatic rings. The molecule has 0 bridgehead atoms. The number of ether oxygens (including phenoxy) is 3. The summed E-state index contributed by atoms with van der Waals surface area (Å²) >= 11 is 0. The van der Waals surface area contributed by atoms with Gasteiger partial charge in [0.15, 0.2) is 11.5 Å². The first-order valence-electron chi connectivity index (χ1n) is 15.5. The van der Waals surface area contributed by atoms with Crippen molar-refractivity contribution in [2.24, 2.45) is 5.41 Å². The Hall–Kier alpha value is -3.76. The summed E-state index contributed by atoms with van der Waals surface area (Å²) in [5, 5.41) is 21.8. The minimum atomic E-state index is -0.938. The van der Waals surface area contributed by atoms with Crippen LogP contribution >= 0.6 is 0 Å². The molecule has 0 aliphatic carbocycles. The number of methoxy groups -OCH3 is 1. The monoisotopic (exact) mass is 607 g/mol. The second-order valence-electron chi connectivity index (χ2n) is 12.9. The first-order valence-corrected chi connectivity index (χ1v) is 15.5. The van der Waals surface area contributed by atoms with Crippen LogP contribution in [0.25, 0.3) is 10.9 Å². The van der Waals surface area contributed by atoms with E-state index < -0.39 is 12.2 Å². The lowest BCUT2D eigenvalue weighted by atomic mass is 9.78. The lowest BCUT2D eigenvalue weighted by Gasteiger charge is -2.48. The van der Waals surface area contributed by atoms with Crippen molar-refractivity contribution in [2.45, 2.75) is 78.2 Å². The predicted molar refractivity (Wildman–Crippen MR) is 169 cm³/mol. The maximum Gasteiger partial charge on any atom is 0.407 e. The van der Waals surface area contributed by atoms with E-state index in [1.807, 2.05) is 37.3 Å². The van der Waals surface area contributed by atoms with Gasteiger partial charge in [-0.05, 0) is 60.1 Å². The molecule has 2 aliphatic heterocycles. The lowest BCUT2D eigenvalue weighted by molar-refractivity contribution is 0.0131. The van der Waals surface area contributed by atoms with E-state index in [0.29, 0.717) is 69.4 Å².